The van der Waals surface area contributed by atoms with E-state index in [1.165, 1.54) is 19.2 Å². The zero-order chi connectivity index (χ0) is 21.3. The summed E-state index contributed by atoms with van der Waals surface area (Å²) in [5.74, 6) is 0.0882. The number of nitrogens with one attached hydrogen (secondary N) is 2. The van der Waals surface area contributed by atoms with Gasteiger partial charge in [-0.2, -0.15) is 0 Å². The van der Waals surface area contributed by atoms with Crippen molar-refractivity contribution in [3.8, 4) is 17.2 Å². The Morgan fingerprint density at radius 3 is 2.67 bits per heavy atom. The second kappa shape index (κ2) is 7.94. The van der Waals surface area contributed by atoms with Gasteiger partial charge in [-0.15, -0.1) is 0 Å². The van der Waals surface area contributed by atoms with E-state index >= 15 is 0 Å². The number of fused-ring (bicyclic) bond motifs is 3. The molecule has 1 amide bonds. The lowest BCUT2D eigenvalue weighted by molar-refractivity contribution is 0.0697. The number of hydrogen-bond acceptors (Lipinski definition) is 5. The van der Waals surface area contributed by atoms with Crippen LogP contribution >= 0.6 is 0 Å². The van der Waals surface area contributed by atoms with Crippen LogP contribution in [-0.4, -0.2) is 30.6 Å². The molecule has 0 fully saturated rings. The second-order valence-corrected chi connectivity index (χ2v) is 7.07. The van der Waals surface area contributed by atoms with Gasteiger partial charge in [-0.1, -0.05) is 19.4 Å². The first-order chi connectivity index (χ1) is 14.5. The molecule has 0 bridgehead atoms. The molecule has 154 valence electrons. The first kappa shape index (κ1) is 19.6. The lowest BCUT2D eigenvalue weighted by Gasteiger charge is -2.24. The first-order valence-electron chi connectivity index (χ1n) is 9.79. The quantitative estimate of drug-likeness (QED) is 0.393. The third-order valence-corrected chi connectivity index (χ3v) is 4.98. The van der Waals surface area contributed by atoms with Gasteiger partial charge in [-0.25, -0.2) is 4.79 Å². The van der Waals surface area contributed by atoms with Crippen molar-refractivity contribution in [2.45, 2.75) is 19.8 Å². The summed E-state index contributed by atoms with van der Waals surface area (Å²) in [6, 6.07) is 12.5. The van der Waals surface area contributed by atoms with Crippen LogP contribution < -0.4 is 20.1 Å². The number of hydrogen-bond donors (Lipinski definition) is 3. The minimum Gasteiger partial charge on any atom is -0.494 e. The Balaban J connectivity index is 1.73. The molecule has 3 N–H and O–H groups in total. The van der Waals surface area contributed by atoms with Gasteiger partial charge in [-0.05, 0) is 53.6 Å². The number of anilines is 2. The lowest BCUT2D eigenvalue weighted by atomic mass is 10.0. The molecule has 0 aliphatic carbocycles. The Labute approximate surface area is 173 Å². The Kier molecular flexibility index (Phi) is 5.18. The molecule has 0 unspecified atom stereocenters. The number of amides is 1. The summed E-state index contributed by atoms with van der Waals surface area (Å²) in [5.41, 5.74) is 1.16. The summed E-state index contributed by atoms with van der Waals surface area (Å²) in [5, 5.41) is 17.2. The van der Waals surface area contributed by atoms with E-state index in [1.807, 2.05) is 30.3 Å². The number of rotatable bonds is 6. The summed E-state index contributed by atoms with van der Waals surface area (Å²) < 4.78 is 11.8. The van der Waals surface area contributed by atoms with Gasteiger partial charge in [0.2, 0.25) is 0 Å². The van der Waals surface area contributed by atoms with E-state index in [1.54, 1.807) is 0 Å². The van der Waals surface area contributed by atoms with Crippen LogP contribution in [0.2, 0.25) is 0 Å². The molecule has 0 atom stereocenters. The molecule has 0 radical (unpaired) electrons. The topological polar surface area (TPSA) is 96.9 Å². The van der Waals surface area contributed by atoms with E-state index in [9.17, 15) is 14.7 Å². The highest BCUT2D eigenvalue weighted by molar-refractivity contribution is 6.04. The predicted molar refractivity (Wildman–Crippen MR) is 114 cm³/mol. The van der Waals surface area contributed by atoms with Crippen LogP contribution in [0.15, 0.2) is 42.5 Å². The number of ether oxygens (including phenoxy) is 2. The van der Waals surface area contributed by atoms with Gasteiger partial charge >= 0.3 is 5.97 Å². The second-order valence-electron chi connectivity index (χ2n) is 7.07. The highest BCUT2D eigenvalue weighted by atomic mass is 16.5. The van der Waals surface area contributed by atoms with Crippen LogP contribution in [0, 0.1) is 0 Å². The van der Waals surface area contributed by atoms with E-state index in [0.717, 1.165) is 29.4 Å². The van der Waals surface area contributed by atoms with Crippen LogP contribution in [0.25, 0.3) is 10.8 Å². The van der Waals surface area contributed by atoms with Crippen molar-refractivity contribution in [3.63, 3.8) is 0 Å². The molecule has 0 saturated carbocycles. The third kappa shape index (κ3) is 3.61. The molecule has 0 saturated heterocycles. The number of unbranched alkanes of at least 4 members (excludes halogenated alkanes) is 1. The van der Waals surface area contributed by atoms with E-state index in [0.29, 0.717) is 23.7 Å². The summed E-state index contributed by atoms with van der Waals surface area (Å²) in [7, 11) is 1.49. The van der Waals surface area contributed by atoms with Crippen LogP contribution in [0.4, 0.5) is 11.4 Å². The van der Waals surface area contributed by atoms with Crippen molar-refractivity contribution in [2.75, 3.05) is 19.0 Å². The largest absolute Gasteiger partial charge is 0.494 e. The number of carbonyl (C=O) groups is 2. The fourth-order valence-electron chi connectivity index (χ4n) is 3.38. The smallest absolute Gasteiger partial charge is 0.337 e. The van der Waals surface area contributed by atoms with Gasteiger partial charge in [0, 0.05) is 12.6 Å². The van der Waals surface area contributed by atoms with Gasteiger partial charge in [-0.3, -0.25) is 4.79 Å². The molecule has 0 spiro atoms. The van der Waals surface area contributed by atoms with Crippen LogP contribution in [-0.2, 0) is 0 Å². The molecule has 3 aromatic rings. The van der Waals surface area contributed by atoms with E-state index in [2.05, 4.69) is 17.6 Å². The molecular formula is C23H22N2O5. The Hall–Kier alpha value is -3.74. The van der Waals surface area contributed by atoms with Crippen LogP contribution in [0.1, 0.15) is 40.5 Å². The normalized spacial score (nSPS) is 11.7. The highest BCUT2D eigenvalue weighted by Crippen LogP contribution is 2.46. The lowest BCUT2D eigenvalue weighted by Crippen LogP contribution is -2.19. The van der Waals surface area contributed by atoms with Crippen molar-refractivity contribution >= 4 is 34.0 Å². The van der Waals surface area contributed by atoms with Gasteiger partial charge in [0.1, 0.15) is 5.75 Å². The molecule has 1 heterocycles. The van der Waals surface area contributed by atoms with Gasteiger partial charge in [0.25, 0.3) is 5.91 Å². The standard InChI is InChI=1S/C23H22N2O5/c1-3-4-7-29-16-6-5-13-10-18-19(11-14(13)8-16)30-20-12-15(22(26)24-2)9-17(23(27)28)21(20)25-18/h5-6,8-12,25H,3-4,7H2,1-2H3,(H,24,26)(H,27,28). The maximum atomic E-state index is 12.0. The van der Waals surface area contributed by atoms with Crippen molar-refractivity contribution in [1.82, 2.24) is 5.32 Å². The van der Waals surface area contributed by atoms with Gasteiger partial charge < -0.3 is 25.2 Å². The average molecular weight is 406 g/mol. The highest BCUT2D eigenvalue weighted by Gasteiger charge is 2.25. The summed E-state index contributed by atoms with van der Waals surface area (Å²) >= 11 is 0. The molecule has 7 heteroatoms. The maximum absolute atomic E-state index is 12.0. The van der Waals surface area contributed by atoms with Crippen molar-refractivity contribution in [3.05, 3.63) is 53.6 Å². The number of carboxylic acid groups (broad SMARTS) is 1. The van der Waals surface area contributed by atoms with Gasteiger partial charge in [0.05, 0.1) is 23.5 Å². The number of aromatic carboxylic acids is 1. The minimum atomic E-state index is -1.15. The SMILES string of the molecule is CCCCOc1ccc2cc3c(cc2c1)Oc1cc(C(=O)NC)cc(C(=O)O)c1N3. The van der Waals surface area contributed by atoms with Crippen molar-refractivity contribution in [1.29, 1.82) is 0 Å². The predicted octanol–water partition coefficient (Wildman–Crippen LogP) is 4.93. The molecule has 1 aliphatic rings. The minimum absolute atomic E-state index is 0.0310. The van der Waals surface area contributed by atoms with Crippen LogP contribution in [0.5, 0.6) is 17.2 Å². The maximum Gasteiger partial charge on any atom is 0.337 e. The van der Waals surface area contributed by atoms with E-state index in [-0.39, 0.29) is 22.8 Å². The van der Waals surface area contributed by atoms with Gasteiger partial charge in [0.15, 0.2) is 11.5 Å². The average Bonchev–Trinajstić information content (AvgIpc) is 2.75. The molecule has 7 nitrogen and oxygen atoms in total. The van der Waals surface area contributed by atoms with Crippen molar-refractivity contribution in [2.24, 2.45) is 0 Å². The number of benzene rings is 3. The molecule has 1 aliphatic heterocycles. The fourth-order valence-corrected chi connectivity index (χ4v) is 3.38. The molecular weight excluding hydrogens is 384 g/mol. The zero-order valence-electron chi connectivity index (χ0n) is 16.7. The van der Waals surface area contributed by atoms with E-state index in [4.69, 9.17) is 9.47 Å². The Bertz CT molecular complexity index is 1160. The fraction of sp³-hybridized carbons (Fsp3) is 0.217. The molecule has 3 aromatic carbocycles. The van der Waals surface area contributed by atoms with E-state index < -0.39 is 5.97 Å². The first-order valence-corrected chi connectivity index (χ1v) is 9.79. The molecule has 4 rings (SSSR count). The summed E-state index contributed by atoms with van der Waals surface area (Å²) in [6.45, 7) is 2.78. The molecule has 30 heavy (non-hydrogen) atoms. The van der Waals surface area contributed by atoms with Crippen LogP contribution in [0.3, 0.4) is 0 Å². The van der Waals surface area contributed by atoms with Crippen molar-refractivity contribution < 1.29 is 24.2 Å². The number of carbonyl (C=O) groups excluding carboxylic acids is 1. The summed E-state index contributed by atoms with van der Waals surface area (Å²) in [6.07, 6.45) is 2.06. The summed E-state index contributed by atoms with van der Waals surface area (Å²) in [4.78, 5) is 23.8. The Morgan fingerprint density at radius 1 is 1.10 bits per heavy atom. The number of carboxylic acids is 1. The molecule has 0 aromatic heterocycles. The third-order valence-electron chi connectivity index (χ3n) is 4.98. The zero-order valence-corrected chi connectivity index (χ0v) is 16.7. The monoisotopic (exact) mass is 406 g/mol. The Morgan fingerprint density at radius 2 is 1.93 bits per heavy atom.